The number of hydrogen-bond acceptors (Lipinski definition) is 7. The molecule has 0 spiro atoms. The topological polar surface area (TPSA) is 116 Å². The molecule has 0 aliphatic carbocycles. The maximum atomic E-state index is 12.5. The van der Waals surface area contributed by atoms with Crippen LogP contribution in [0, 0.1) is 17.2 Å². The van der Waals surface area contributed by atoms with Crippen molar-refractivity contribution in [3.63, 3.8) is 0 Å². The van der Waals surface area contributed by atoms with E-state index >= 15 is 0 Å². The zero-order valence-electron chi connectivity index (χ0n) is 16.3. The summed E-state index contributed by atoms with van der Waals surface area (Å²) >= 11 is 1.33. The monoisotopic (exact) mass is 421 g/mol. The highest BCUT2D eigenvalue weighted by Crippen LogP contribution is 2.33. The molecule has 8 nitrogen and oxygen atoms in total. The van der Waals surface area contributed by atoms with Crippen molar-refractivity contribution in [2.45, 2.75) is 12.8 Å². The molecule has 152 valence electrons. The fraction of sp³-hybridized carbons (Fsp3) is 0.190. The van der Waals surface area contributed by atoms with Crippen LogP contribution in [0.4, 0.5) is 10.5 Å². The third-order valence-electron chi connectivity index (χ3n) is 4.32. The second-order valence-electron chi connectivity index (χ2n) is 6.31. The summed E-state index contributed by atoms with van der Waals surface area (Å²) in [5.41, 5.74) is 3.92. The zero-order valence-corrected chi connectivity index (χ0v) is 17.1. The molecule has 30 heavy (non-hydrogen) atoms. The average molecular weight is 421 g/mol. The molecule has 3 rings (SSSR count). The first-order chi connectivity index (χ1) is 14.5. The van der Waals surface area contributed by atoms with Gasteiger partial charge in [-0.3, -0.25) is 4.79 Å². The number of esters is 1. The van der Waals surface area contributed by atoms with Gasteiger partial charge in [-0.05, 0) is 31.2 Å². The number of nitrogens with one attached hydrogen (secondary N) is 2. The van der Waals surface area contributed by atoms with Crippen LogP contribution in [0.5, 0.6) is 0 Å². The van der Waals surface area contributed by atoms with E-state index < -0.39 is 23.8 Å². The van der Waals surface area contributed by atoms with Crippen LogP contribution in [0.25, 0.3) is 10.2 Å². The van der Waals surface area contributed by atoms with Gasteiger partial charge in [0.05, 0.1) is 29.1 Å². The van der Waals surface area contributed by atoms with E-state index in [-0.39, 0.29) is 5.71 Å². The zero-order chi connectivity index (χ0) is 21.5. The number of para-hydroxylation sites is 2. The quantitative estimate of drug-likeness (QED) is 0.356. The number of anilines is 1. The van der Waals surface area contributed by atoms with Gasteiger partial charge in [-0.25, -0.2) is 15.2 Å². The number of ether oxygens (including phenoxy) is 1. The summed E-state index contributed by atoms with van der Waals surface area (Å²) in [5.74, 6) is -2.55. The number of carbonyl (C=O) groups excluding carboxylic acids is 2. The normalized spacial score (nSPS) is 13.2. The Morgan fingerprint density at radius 3 is 2.53 bits per heavy atom. The molecule has 2 N–H and O–H groups in total. The van der Waals surface area contributed by atoms with Crippen molar-refractivity contribution >= 4 is 45.0 Å². The minimum absolute atomic E-state index is 0.232. The number of rotatable bonds is 6. The Hall–Kier alpha value is -3.77. The second-order valence-corrected chi connectivity index (χ2v) is 7.37. The molecule has 1 aromatic heterocycles. The van der Waals surface area contributed by atoms with Crippen molar-refractivity contribution in [1.29, 1.82) is 5.26 Å². The smallest absolute Gasteiger partial charge is 0.339 e. The fourth-order valence-corrected chi connectivity index (χ4v) is 3.91. The van der Waals surface area contributed by atoms with Crippen LogP contribution in [-0.2, 0) is 9.53 Å². The van der Waals surface area contributed by atoms with E-state index in [0.29, 0.717) is 10.7 Å². The summed E-state index contributed by atoms with van der Waals surface area (Å²) in [6.07, 6.45) is 0. The lowest BCUT2D eigenvalue weighted by molar-refractivity contribution is -0.143. The van der Waals surface area contributed by atoms with E-state index in [1.165, 1.54) is 18.4 Å². The molecule has 0 saturated carbocycles. The van der Waals surface area contributed by atoms with Gasteiger partial charge in [0, 0.05) is 5.69 Å². The SMILES string of the molecule is COC(=O)C(/C(C)=N/NC(=O)Nc1ccccc1)C(C#N)c1nc2ccccc2s1. The summed E-state index contributed by atoms with van der Waals surface area (Å²) < 4.78 is 5.80. The summed E-state index contributed by atoms with van der Waals surface area (Å²) in [7, 11) is 1.24. The lowest BCUT2D eigenvalue weighted by Crippen LogP contribution is -2.32. The lowest BCUT2D eigenvalue weighted by Gasteiger charge is -2.18. The van der Waals surface area contributed by atoms with Crippen molar-refractivity contribution in [2.75, 3.05) is 12.4 Å². The number of carbonyl (C=O) groups is 2. The molecule has 2 amide bonds. The number of nitriles is 1. The molecule has 9 heteroatoms. The molecule has 2 unspecified atom stereocenters. The predicted molar refractivity (Wildman–Crippen MR) is 115 cm³/mol. The van der Waals surface area contributed by atoms with Crippen LogP contribution >= 0.6 is 11.3 Å². The van der Waals surface area contributed by atoms with Gasteiger partial charge in [0.25, 0.3) is 0 Å². The average Bonchev–Trinajstić information content (AvgIpc) is 3.19. The number of amides is 2. The highest BCUT2D eigenvalue weighted by atomic mass is 32.1. The number of urea groups is 1. The number of fused-ring (bicyclic) bond motifs is 1. The van der Waals surface area contributed by atoms with Crippen molar-refractivity contribution in [2.24, 2.45) is 11.0 Å². The van der Waals surface area contributed by atoms with Crippen molar-refractivity contribution < 1.29 is 14.3 Å². The van der Waals surface area contributed by atoms with E-state index in [9.17, 15) is 14.9 Å². The number of hydrazone groups is 1. The van der Waals surface area contributed by atoms with Gasteiger partial charge in [0.2, 0.25) is 0 Å². The predicted octanol–water partition coefficient (Wildman–Crippen LogP) is 3.89. The van der Waals surface area contributed by atoms with Crippen LogP contribution in [0.1, 0.15) is 17.8 Å². The minimum atomic E-state index is -1.02. The highest BCUT2D eigenvalue weighted by Gasteiger charge is 2.35. The van der Waals surface area contributed by atoms with Crippen LogP contribution in [0.2, 0.25) is 0 Å². The van der Waals surface area contributed by atoms with Gasteiger partial charge >= 0.3 is 12.0 Å². The first-order valence-corrected chi connectivity index (χ1v) is 9.84. The Bertz CT molecular complexity index is 1090. The first kappa shape index (κ1) is 21.0. The molecule has 1 heterocycles. The standard InChI is InChI=1S/C21H19N5O3S/c1-13(25-26-21(28)23-14-8-4-3-5-9-14)18(20(27)29-2)15(12-22)19-24-16-10-6-7-11-17(16)30-19/h3-11,15,18H,1-2H3,(H2,23,26,28)/b25-13+. The summed E-state index contributed by atoms with van der Waals surface area (Å²) in [5, 5.41) is 16.9. The van der Waals surface area contributed by atoms with Gasteiger partial charge in [-0.1, -0.05) is 30.3 Å². The van der Waals surface area contributed by atoms with Crippen LogP contribution in [0.3, 0.4) is 0 Å². The molecule has 2 atom stereocenters. The van der Waals surface area contributed by atoms with Crippen molar-refractivity contribution in [3.8, 4) is 6.07 Å². The maximum absolute atomic E-state index is 12.5. The van der Waals surface area contributed by atoms with E-state index in [2.05, 4.69) is 26.9 Å². The summed E-state index contributed by atoms with van der Waals surface area (Å²) in [6, 6.07) is 17.9. The molecule has 3 aromatic rings. The third kappa shape index (κ3) is 4.79. The molecular formula is C21H19N5O3S. The molecule has 0 aliphatic rings. The van der Waals surface area contributed by atoms with Crippen molar-refractivity contribution in [3.05, 3.63) is 59.6 Å². The van der Waals surface area contributed by atoms with Crippen LogP contribution in [-0.4, -0.2) is 29.8 Å². The Kier molecular flexibility index (Phi) is 6.72. The van der Waals surface area contributed by atoms with E-state index in [4.69, 9.17) is 4.74 Å². The molecule has 0 aliphatic heterocycles. The molecule has 0 saturated heterocycles. The number of benzene rings is 2. The van der Waals surface area contributed by atoms with Crippen molar-refractivity contribution in [1.82, 2.24) is 10.4 Å². The Morgan fingerprint density at radius 1 is 1.17 bits per heavy atom. The van der Waals surface area contributed by atoms with Gasteiger partial charge in [-0.2, -0.15) is 10.4 Å². The molecule has 0 bridgehead atoms. The molecule has 0 fully saturated rings. The fourth-order valence-electron chi connectivity index (χ4n) is 2.86. The number of aromatic nitrogens is 1. The Morgan fingerprint density at radius 2 is 1.87 bits per heavy atom. The number of thiazole rings is 1. The first-order valence-electron chi connectivity index (χ1n) is 9.02. The largest absolute Gasteiger partial charge is 0.468 e. The van der Waals surface area contributed by atoms with Gasteiger partial charge in [-0.15, -0.1) is 11.3 Å². The molecular weight excluding hydrogens is 402 g/mol. The van der Waals surface area contributed by atoms with Crippen LogP contribution in [0.15, 0.2) is 59.7 Å². The maximum Gasteiger partial charge on any atom is 0.339 e. The minimum Gasteiger partial charge on any atom is -0.468 e. The van der Waals surface area contributed by atoms with E-state index in [1.807, 2.05) is 30.3 Å². The van der Waals surface area contributed by atoms with Gasteiger partial charge in [0.1, 0.15) is 16.8 Å². The third-order valence-corrected chi connectivity index (χ3v) is 5.44. The number of methoxy groups -OCH3 is 1. The van der Waals surface area contributed by atoms with Gasteiger partial charge < -0.3 is 10.1 Å². The molecule has 2 aromatic carbocycles. The van der Waals surface area contributed by atoms with Crippen LogP contribution < -0.4 is 10.7 Å². The molecule has 0 radical (unpaired) electrons. The van der Waals surface area contributed by atoms with Gasteiger partial charge in [0.15, 0.2) is 0 Å². The highest BCUT2D eigenvalue weighted by molar-refractivity contribution is 7.18. The lowest BCUT2D eigenvalue weighted by atomic mass is 9.90. The van der Waals surface area contributed by atoms with E-state index in [0.717, 1.165) is 10.2 Å². The Balaban J connectivity index is 1.82. The second kappa shape index (κ2) is 9.62. The Labute approximate surface area is 177 Å². The number of hydrogen-bond donors (Lipinski definition) is 2. The summed E-state index contributed by atoms with van der Waals surface area (Å²) in [4.78, 5) is 29.0. The number of nitrogens with zero attached hydrogens (tertiary/aromatic N) is 3. The van der Waals surface area contributed by atoms with E-state index in [1.54, 1.807) is 31.2 Å². The summed E-state index contributed by atoms with van der Waals surface area (Å²) in [6.45, 7) is 1.56.